The maximum Gasteiger partial charge on any atom is 0.257 e. The van der Waals surface area contributed by atoms with Crippen molar-refractivity contribution >= 4 is 23.2 Å². The van der Waals surface area contributed by atoms with Gasteiger partial charge in [-0.05, 0) is 56.7 Å². The van der Waals surface area contributed by atoms with E-state index in [9.17, 15) is 4.79 Å². The van der Waals surface area contributed by atoms with Crippen LogP contribution in [0.4, 0.5) is 5.69 Å². The van der Waals surface area contributed by atoms with Gasteiger partial charge in [0.25, 0.3) is 5.91 Å². The number of halogens is 1. The van der Waals surface area contributed by atoms with Crippen LogP contribution >= 0.6 is 11.6 Å². The Kier molecular flexibility index (Phi) is 4.91. The van der Waals surface area contributed by atoms with E-state index in [0.717, 1.165) is 28.3 Å². The summed E-state index contributed by atoms with van der Waals surface area (Å²) in [5, 5.41) is 3.56. The molecule has 5 heteroatoms. The normalized spacial score (nSPS) is 10.7. The van der Waals surface area contributed by atoms with E-state index in [0.29, 0.717) is 17.1 Å². The lowest BCUT2D eigenvalue weighted by molar-refractivity contribution is 0.102. The summed E-state index contributed by atoms with van der Waals surface area (Å²) >= 11 is 6.03. The molecule has 3 rings (SSSR count). The van der Waals surface area contributed by atoms with Crippen molar-refractivity contribution in [1.82, 2.24) is 9.55 Å². The van der Waals surface area contributed by atoms with E-state index >= 15 is 0 Å². The average Bonchev–Trinajstić information content (AvgIpc) is 2.87. The lowest BCUT2D eigenvalue weighted by atomic mass is 10.1. The summed E-state index contributed by atoms with van der Waals surface area (Å²) in [5.74, 6) is -0.134. The highest BCUT2D eigenvalue weighted by Gasteiger charge is 2.17. The molecule has 0 unspecified atom stereocenters. The molecule has 2 heterocycles. The Bertz CT molecular complexity index is 916. The molecule has 0 saturated carbocycles. The van der Waals surface area contributed by atoms with Crippen LogP contribution in [-0.2, 0) is 6.54 Å². The van der Waals surface area contributed by atoms with Gasteiger partial charge in [0, 0.05) is 28.3 Å². The molecule has 0 aliphatic carbocycles. The second-order valence-corrected chi connectivity index (χ2v) is 6.54. The van der Waals surface area contributed by atoms with E-state index in [-0.39, 0.29) is 5.91 Å². The van der Waals surface area contributed by atoms with Gasteiger partial charge in [-0.25, -0.2) is 0 Å². The standard InChI is InChI=1S/C20H20ClN3O/c1-13-7-8-16(21)11-19(13)23-20(25)18-10-14(2)24(15(18)3)12-17-6-4-5-9-22-17/h4-11H,12H2,1-3H3,(H,23,25). The van der Waals surface area contributed by atoms with Gasteiger partial charge in [0.05, 0.1) is 17.8 Å². The Morgan fingerprint density at radius 2 is 1.96 bits per heavy atom. The van der Waals surface area contributed by atoms with Gasteiger partial charge in [0.2, 0.25) is 0 Å². The number of aryl methyl sites for hydroxylation is 2. The van der Waals surface area contributed by atoms with Crippen LogP contribution in [-0.4, -0.2) is 15.5 Å². The first-order chi connectivity index (χ1) is 12.0. The molecular weight excluding hydrogens is 334 g/mol. The number of nitrogens with one attached hydrogen (secondary N) is 1. The second-order valence-electron chi connectivity index (χ2n) is 6.11. The predicted molar refractivity (Wildman–Crippen MR) is 101 cm³/mol. The number of carbonyl (C=O) groups is 1. The largest absolute Gasteiger partial charge is 0.342 e. The maximum atomic E-state index is 12.7. The molecule has 128 valence electrons. The summed E-state index contributed by atoms with van der Waals surface area (Å²) < 4.78 is 2.10. The Balaban J connectivity index is 1.86. The molecule has 0 spiro atoms. The number of amides is 1. The Morgan fingerprint density at radius 1 is 1.16 bits per heavy atom. The van der Waals surface area contributed by atoms with Crippen LogP contribution in [0.25, 0.3) is 0 Å². The lowest BCUT2D eigenvalue weighted by Gasteiger charge is -2.11. The van der Waals surface area contributed by atoms with Gasteiger partial charge in [-0.1, -0.05) is 23.7 Å². The van der Waals surface area contributed by atoms with E-state index in [2.05, 4.69) is 14.9 Å². The van der Waals surface area contributed by atoms with Crippen LogP contribution in [0.5, 0.6) is 0 Å². The van der Waals surface area contributed by atoms with Crippen molar-refractivity contribution in [2.24, 2.45) is 0 Å². The second kappa shape index (κ2) is 7.11. The van der Waals surface area contributed by atoms with Crippen molar-refractivity contribution in [2.45, 2.75) is 27.3 Å². The number of nitrogens with zero attached hydrogens (tertiary/aromatic N) is 2. The zero-order valence-corrected chi connectivity index (χ0v) is 15.3. The number of benzene rings is 1. The highest BCUT2D eigenvalue weighted by molar-refractivity contribution is 6.31. The zero-order chi connectivity index (χ0) is 18.0. The first-order valence-corrected chi connectivity index (χ1v) is 8.47. The van der Waals surface area contributed by atoms with Crippen molar-refractivity contribution < 1.29 is 4.79 Å². The number of aromatic nitrogens is 2. The molecule has 4 nitrogen and oxygen atoms in total. The van der Waals surface area contributed by atoms with Crippen molar-refractivity contribution in [3.8, 4) is 0 Å². The fourth-order valence-electron chi connectivity index (χ4n) is 2.85. The van der Waals surface area contributed by atoms with Gasteiger partial charge in [-0.3, -0.25) is 9.78 Å². The quantitative estimate of drug-likeness (QED) is 0.734. The smallest absolute Gasteiger partial charge is 0.257 e. The third-order valence-electron chi connectivity index (χ3n) is 4.31. The number of hydrogen-bond acceptors (Lipinski definition) is 2. The van der Waals surface area contributed by atoms with Crippen molar-refractivity contribution in [3.05, 3.63) is 81.9 Å². The van der Waals surface area contributed by atoms with Gasteiger partial charge in [-0.2, -0.15) is 0 Å². The summed E-state index contributed by atoms with van der Waals surface area (Å²) in [7, 11) is 0. The van der Waals surface area contributed by atoms with E-state index < -0.39 is 0 Å². The van der Waals surface area contributed by atoms with Crippen LogP contribution in [0.15, 0.2) is 48.7 Å². The van der Waals surface area contributed by atoms with Crippen LogP contribution < -0.4 is 5.32 Å². The van der Waals surface area contributed by atoms with Gasteiger partial charge >= 0.3 is 0 Å². The lowest BCUT2D eigenvalue weighted by Crippen LogP contribution is -2.14. The first kappa shape index (κ1) is 17.2. The summed E-state index contributed by atoms with van der Waals surface area (Å²) in [6.45, 7) is 6.53. The van der Waals surface area contributed by atoms with Crippen LogP contribution in [0, 0.1) is 20.8 Å². The molecular formula is C20H20ClN3O. The zero-order valence-electron chi connectivity index (χ0n) is 14.5. The molecule has 0 atom stereocenters. The SMILES string of the molecule is Cc1ccc(Cl)cc1NC(=O)c1cc(C)n(Cc2ccccn2)c1C. The Morgan fingerprint density at radius 3 is 2.68 bits per heavy atom. The molecule has 0 aliphatic rings. The summed E-state index contributed by atoms with van der Waals surface area (Å²) in [5.41, 5.74) is 5.26. The minimum absolute atomic E-state index is 0.134. The van der Waals surface area contributed by atoms with Crippen molar-refractivity contribution in [3.63, 3.8) is 0 Å². The highest BCUT2D eigenvalue weighted by Crippen LogP contribution is 2.23. The number of anilines is 1. The van der Waals surface area contributed by atoms with Crippen LogP contribution in [0.1, 0.15) is 33.0 Å². The summed E-state index contributed by atoms with van der Waals surface area (Å²) in [6.07, 6.45) is 1.78. The molecule has 1 aromatic carbocycles. The minimum Gasteiger partial charge on any atom is -0.342 e. The van der Waals surface area contributed by atoms with Gasteiger partial charge in [0.15, 0.2) is 0 Å². The van der Waals surface area contributed by atoms with Crippen LogP contribution in [0.3, 0.4) is 0 Å². The van der Waals surface area contributed by atoms with E-state index in [1.165, 1.54) is 0 Å². The monoisotopic (exact) mass is 353 g/mol. The molecule has 0 bridgehead atoms. The minimum atomic E-state index is -0.134. The predicted octanol–water partition coefficient (Wildman–Crippen LogP) is 4.76. The number of pyridine rings is 1. The van der Waals surface area contributed by atoms with Gasteiger partial charge < -0.3 is 9.88 Å². The number of hydrogen-bond donors (Lipinski definition) is 1. The third kappa shape index (κ3) is 3.74. The van der Waals surface area contributed by atoms with Gasteiger partial charge in [0.1, 0.15) is 0 Å². The molecule has 0 aliphatic heterocycles. The molecule has 1 N–H and O–H groups in total. The van der Waals surface area contributed by atoms with E-state index in [1.54, 1.807) is 12.3 Å². The average molecular weight is 354 g/mol. The summed E-state index contributed by atoms with van der Waals surface area (Å²) in [6, 6.07) is 13.2. The fourth-order valence-corrected chi connectivity index (χ4v) is 3.02. The van der Waals surface area contributed by atoms with Crippen LogP contribution in [0.2, 0.25) is 5.02 Å². The van der Waals surface area contributed by atoms with Crippen molar-refractivity contribution in [1.29, 1.82) is 0 Å². The van der Waals surface area contributed by atoms with Gasteiger partial charge in [-0.15, -0.1) is 0 Å². The Hall–Kier alpha value is -2.59. The molecule has 25 heavy (non-hydrogen) atoms. The highest BCUT2D eigenvalue weighted by atomic mass is 35.5. The maximum absolute atomic E-state index is 12.7. The number of carbonyl (C=O) groups excluding carboxylic acids is 1. The molecule has 3 aromatic rings. The molecule has 2 aromatic heterocycles. The molecule has 0 radical (unpaired) electrons. The molecule has 0 fully saturated rings. The fraction of sp³-hybridized carbons (Fsp3) is 0.200. The third-order valence-corrected chi connectivity index (χ3v) is 4.55. The van der Waals surface area contributed by atoms with Crippen molar-refractivity contribution in [2.75, 3.05) is 5.32 Å². The van der Waals surface area contributed by atoms with E-state index in [4.69, 9.17) is 11.6 Å². The molecule has 0 saturated heterocycles. The first-order valence-electron chi connectivity index (χ1n) is 8.10. The van der Waals surface area contributed by atoms with E-state index in [1.807, 2.05) is 57.2 Å². The summed E-state index contributed by atoms with van der Waals surface area (Å²) in [4.78, 5) is 17.1. The number of rotatable bonds is 4. The molecule has 1 amide bonds. The topological polar surface area (TPSA) is 46.9 Å². The Labute approximate surface area is 152 Å².